The number of rotatable bonds is 1. The van der Waals surface area contributed by atoms with E-state index in [4.69, 9.17) is 34.2 Å². The van der Waals surface area contributed by atoms with Crippen LogP contribution >= 0.6 is 23.2 Å². The molecule has 2 aromatic rings. The first-order valence-electron chi connectivity index (χ1n) is 4.33. The van der Waals surface area contributed by atoms with E-state index in [2.05, 4.69) is 9.97 Å². The van der Waals surface area contributed by atoms with Gasteiger partial charge in [-0.1, -0.05) is 23.2 Å². The summed E-state index contributed by atoms with van der Waals surface area (Å²) < 4.78 is 0. The number of nitriles is 1. The highest BCUT2D eigenvalue weighted by Crippen LogP contribution is 2.27. The molecule has 3 N–H and O–H groups in total. The van der Waals surface area contributed by atoms with Crippen LogP contribution in [0.15, 0.2) is 18.2 Å². The predicted octanol–water partition coefficient (Wildman–Crippen LogP) is 2.84. The minimum Gasteiger partial charge on any atom is -0.381 e. The number of nitrogen functional groups attached to an aromatic ring is 1. The molecule has 1 aromatic carbocycles. The van der Waals surface area contributed by atoms with Gasteiger partial charge < -0.3 is 10.7 Å². The lowest BCUT2D eigenvalue weighted by molar-refractivity contribution is 1.29. The van der Waals surface area contributed by atoms with Gasteiger partial charge in [0.1, 0.15) is 11.9 Å². The zero-order chi connectivity index (χ0) is 11.7. The third kappa shape index (κ3) is 1.83. The summed E-state index contributed by atoms with van der Waals surface area (Å²) in [6, 6.07) is 6.97. The third-order valence-electron chi connectivity index (χ3n) is 2.04. The Kier molecular flexibility index (Phi) is 2.73. The van der Waals surface area contributed by atoms with Gasteiger partial charge in [0.25, 0.3) is 0 Å². The van der Waals surface area contributed by atoms with E-state index in [0.29, 0.717) is 15.9 Å². The summed E-state index contributed by atoms with van der Waals surface area (Å²) in [6.07, 6.45) is 0. The van der Waals surface area contributed by atoms with Gasteiger partial charge in [-0.3, -0.25) is 0 Å². The Morgan fingerprint density at radius 2 is 2.06 bits per heavy atom. The first-order chi connectivity index (χ1) is 7.61. The van der Waals surface area contributed by atoms with Gasteiger partial charge in [0.15, 0.2) is 11.5 Å². The van der Waals surface area contributed by atoms with Crippen LogP contribution < -0.4 is 5.73 Å². The van der Waals surface area contributed by atoms with Crippen molar-refractivity contribution in [2.24, 2.45) is 0 Å². The number of benzene rings is 1. The minimum atomic E-state index is 0.170. The maximum absolute atomic E-state index is 8.73. The lowest BCUT2D eigenvalue weighted by Crippen LogP contribution is -1.86. The van der Waals surface area contributed by atoms with E-state index in [1.54, 1.807) is 18.2 Å². The van der Waals surface area contributed by atoms with Crippen LogP contribution in [-0.4, -0.2) is 9.97 Å². The summed E-state index contributed by atoms with van der Waals surface area (Å²) in [5, 5.41) is 9.62. The Morgan fingerprint density at radius 1 is 1.31 bits per heavy atom. The molecule has 80 valence electrons. The molecule has 0 amide bonds. The van der Waals surface area contributed by atoms with Gasteiger partial charge in [0, 0.05) is 5.56 Å². The first-order valence-corrected chi connectivity index (χ1v) is 5.08. The molecule has 4 nitrogen and oxygen atoms in total. The average Bonchev–Trinajstić information content (AvgIpc) is 2.64. The van der Waals surface area contributed by atoms with Crippen LogP contribution in [0.1, 0.15) is 5.69 Å². The zero-order valence-electron chi connectivity index (χ0n) is 7.96. The third-order valence-corrected chi connectivity index (χ3v) is 2.78. The molecule has 0 radical (unpaired) electrons. The smallest absolute Gasteiger partial charge is 0.161 e. The first kappa shape index (κ1) is 10.8. The molecule has 0 atom stereocenters. The van der Waals surface area contributed by atoms with Crippen LogP contribution in [-0.2, 0) is 0 Å². The molecule has 0 bridgehead atoms. The number of halogens is 2. The van der Waals surface area contributed by atoms with Crippen LogP contribution in [0.2, 0.25) is 10.0 Å². The SMILES string of the molecule is N#Cc1[nH]c(-c2ccc(Cl)c(Cl)c2)nc1N. The Bertz CT molecular complexity index is 583. The molecule has 0 aliphatic heterocycles. The molecule has 0 fully saturated rings. The molecule has 1 aromatic heterocycles. The minimum absolute atomic E-state index is 0.170. The summed E-state index contributed by atoms with van der Waals surface area (Å²) in [6.45, 7) is 0. The predicted molar refractivity (Wildman–Crippen MR) is 63.2 cm³/mol. The number of H-pyrrole nitrogens is 1. The van der Waals surface area contributed by atoms with Gasteiger partial charge in [-0.05, 0) is 18.2 Å². The Hall–Kier alpha value is -1.70. The summed E-state index contributed by atoms with van der Waals surface area (Å²) in [7, 11) is 0. The van der Waals surface area contributed by atoms with Crippen LogP contribution in [0.4, 0.5) is 5.82 Å². The zero-order valence-corrected chi connectivity index (χ0v) is 9.47. The molecule has 0 saturated carbocycles. The molecule has 1 heterocycles. The van der Waals surface area contributed by atoms with Gasteiger partial charge in [-0.2, -0.15) is 5.26 Å². The lowest BCUT2D eigenvalue weighted by Gasteiger charge is -1.99. The van der Waals surface area contributed by atoms with Crippen molar-refractivity contribution in [2.45, 2.75) is 0 Å². The van der Waals surface area contributed by atoms with Gasteiger partial charge in [0.2, 0.25) is 0 Å². The summed E-state index contributed by atoms with van der Waals surface area (Å²) in [4.78, 5) is 6.82. The van der Waals surface area contributed by atoms with Gasteiger partial charge >= 0.3 is 0 Å². The molecule has 2 rings (SSSR count). The van der Waals surface area contributed by atoms with E-state index in [0.717, 1.165) is 5.56 Å². The second-order valence-corrected chi connectivity index (χ2v) is 3.90. The largest absolute Gasteiger partial charge is 0.381 e. The number of hydrogen-bond acceptors (Lipinski definition) is 3. The highest BCUT2D eigenvalue weighted by molar-refractivity contribution is 6.42. The van der Waals surface area contributed by atoms with Crippen molar-refractivity contribution in [3.8, 4) is 17.5 Å². The Labute approximate surface area is 102 Å². The van der Waals surface area contributed by atoms with E-state index in [9.17, 15) is 0 Å². The van der Waals surface area contributed by atoms with Crippen molar-refractivity contribution in [3.05, 3.63) is 33.9 Å². The monoisotopic (exact) mass is 252 g/mol. The quantitative estimate of drug-likeness (QED) is 0.820. The van der Waals surface area contributed by atoms with E-state index < -0.39 is 0 Å². The van der Waals surface area contributed by atoms with Crippen LogP contribution in [0.25, 0.3) is 11.4 Å². The van der Waals surface area contributed by atoms with E-state index >= 15 is 0 Å². The molecule has 6 heteroatoms. The maximum Gasteiger partial charge on any atom is 0.161 e. The molecule has 16 heavy (non-hydrogen) atoms. The normalized spacial score (nSPS) is 10.1. The molecule has 0 aliphatic rings. The maximum atomic E-state index is 8.73. The topological polar surface area (TPSA) is 78.5 Å². The molecule has 0 unspecified atom stereocenters. The fourth-order valence-electron chi connectivity index (χ4n) is 1.25. The molecular weight excluding hydrogens is 247 g/mol. The molecule has 0 saturated heterocycles. The van der Waals surface area contributed by atoms with Crippen LogP contribution in [0.5, 0.6) is 0 Å². The van der Waals surface area contributed by atoms with Crippen LogP contribution in [0, 0.1) is 11.3 Å². The summed E-state index contributed by atoms with van der Waals surface area (Å²) >= 11 is 11.7. The Balaban J connectivity index is 2.51. The number of nitrogens with one attached hydrogen (secondary N) is 1. The number of anilines is 1. The van der Waals surface area contributed by atoms with Crippen molar-refractivity contribution in [1.29, 1.82) is 5.26 Å². The van der Waals surface area contributed by atoms with Crippen molar-refractivity contribution in [2.75, 3.05) is 5.73 Å². The summed E-state index contributed by atoms with van der Waals surface area (Å²) in [5.74, 6) is 0.663. The van der Waals surface area contributed by atoms with E-state index in [1.165, 1.54) is 0 Å². The number of aromatic amines is 1. The van der Waals surface area contributed by atoms with Crippen molar-refractivity contribution in [1.82, 2.24) is 9.97 Å². The average molecular weight is 253 g/mol. The standard InChI is InChI=1S/C10H6Cl2N4/c11-6-2-1-5(3-7(6)12)10-15-8(4-13)9(14)16-10/h1-3H,14H2,(H,15,16). The van der Waals surface area contributed by atoms with Crippen molar-refractivity contribution in [3.63, 3.8) is 0 Å². The number of imidazole rings is 1. The van der Waals surface area contributed by atoms with E-state index in [1.807, 2.05) is 6.07 Å². The number of aromatic nitrogens is 2. The fraction of sp³-hybridized carbons (Fsp3) is 0. The van der Waals surface area contributed by atoms with Gasteiger partial charge in [-0.15, -0.1) is 0 Å². The van der Waals surface area contributed by atoms with Crippen LogP contribution in [0.3, 0.4) is 0 Å². The highest BCUT2D eigenvalue weighted by Gasteiger charge is 2.09. The molecule has 0 spiro atoms. The van der Waals surface area contributed by atoms with Gasteiger partial charge in [-0.25, -0.2) is 4.98 Å². The number of hydrogen-bond donors (Lipinski definition) is 2. The Morgan fingerprint density at radius 3 is 2.62 bits per heavy atom. The number of nitrogens with two attached hydrogens (primary N) is 1. The van der Waals surface area contributed by atoms with Crippen molar-refractivity contribution < 1.29 is 0 Å². The molecule has 0 aliphatic carbocycles. The second kappa shape index (κ2) is 4.05. The highest BCUT2D eigenvalue weighted by atomic mass is 35.5. The fourth-order valence-corrected chi connectivity index (χ4v) is 1.55. The number of nitrogens with zero attached hydrogens (tertiary/aromatic N) is 2. The van der Waals surface area contributed by atoms with Crippen molar-refractivity contribution >= 4 is 29.0 Å². The lowest BCUT2D eigenvalue weighted by atomic mass is 10.2. The molecular formula is C10H6Cl2N4. The van der Waals surface area contributed by atoms with E-state index in [-0.39, 0.29) is 11.5 Å². The van der Waals surface area contributed by atoms with Gasteiger partial charge in [0.05, 0.1) is 10.0 Å². The summed E-state index contributed by atoms with van der Waals surface area (Å²) in [5.41, 5.74) is 6.50. The second-order valence-electron chi connectivity index (χ2n) is 3.09.